The number of anilines is 2. The van der Waals surface area contributed by atoms with Gasteiger partial charge >= 0.3 is 0 Å². The van der Waals surface area contributed by atoms with Crippen LogP contribution in [0.1, 0.15) is 18.9 Å². The van der Waals surface area contributed by atoms with E-state index < -0.39 is 0 Å². The van der Waals surface area contributed by atoms with Crippen molar-refractivity contribution in [3.05, 3.63) is 22.2 Å². The van der Waals surface area contributed by atoms with Crippen LogP contribution in [0.2, 0.25) is 0 Å². The first-order chi connectivity index (χ1) is 8.99. The number of carbonyl (C=O) groups excluding carboxylic acids is 1. The summed E-state index contributed by atoms with van der Waals surface area (Å²) in [6.07, 6.45) is 0.995. The molecule has 0 radical (unpaired) electrons. The van der Waals surface area contributed by atoms with E-state index in [0.717, 1.165) is 54.0 Å². The van der Waals surface area contributed by atoms with E-state index in [-0.39, 0.29) is 5.91 Å². The average Bonchev–Trinajstić information content (AvgIpc) is 2.59. The van der Waals surface area contributed by atoms with Gasteiger partial charge < -0.3 is 15.5 Å². The first-order valence-corrected chi connectivity index (χ1v) is 7.34. The molecule has 1 aliphatic rings. The van der Waals surface area contributed by atoms with Gasteiger partial charge in [-0.3, -0.25) is 4.79 Å². The van der Waals surface area contributed by atoms with Gasteiger partial charge in [0.05, 0.1) is 5.69 Å². The molecule has 1 amide bonds. The Bertz CT molecular complexity index is 490. The Balaban J connectivity index is 2.18. The van der Waals surface area contributed by atoms with Gasteiger partial charge in [-0.25, -0.2) is 0 Å². The molecule has 0 saturated carbocycles. The first-order valence-electron chi connectivity index (χ1n) is 6.55. The van der Waals surface area contributed by atoms with E-state index in [1.54, 1.807) is 6.92 Å². The molecule has 0 aromatic heterocycles. The zero-order valence-corrected chi connectivity index (χ0v) is 13.0. The van der Waals surface area contributed by atoms with Crippen molar-refractivity contribution in [1.29, 1.82) is 0 Å². The van der Waals surface area contributed by atoms with Crippen molar-refractivity contribution in [3.63, 3.8) is 0 Å². The third-order valence-electron chi connectivity index (χ3n) is 3.62. The number of halogens is 1. The molecule has 5 heteroatoms. The number of aryl methyl sites for hydroxylation is 1. The van der Waals surface area contributed by atoms with Crippen molar-refractivity contribution in [3.8, 4) is 0 Å². The standard InChI is InChI=1S/C14H20BrN3O/c1-10-8-14(12(15)9-13(10)16)18-5-3-4-17(6-7-18)11(2)19/h8-9H,3-7,16H2,1-2H3. The molecule has 1 aromatic rings. The maximum atomic E-state index is 11.4. The van der Waals surface area contributed by atoms with Gasteiger partial charge in [-0.2, -0.15) is 0 Å². The Morgan fingerprint density at radius 3 is 2.68 bits per heavy atom. The van der Waals surface area contributed by atoms with Crippen LogP contribution in [-0.2, 0) is 4.79 Å². The van der Waals surface area contributed by atoms with Crippen LogP contribution in [0.4, 0.5) is 11.4 Å². The number of nitrogens with zero attached hydrogens (tertiary/aromatic N) is 2. The third-order valence-corrected chi connectivity index (χ3v) is 4.25. The van der Waals surface area contributed by atoms with E-state index in [2.05, 4.69) is 26.9 Å². The lowest BCUT2D eigenvalue weighted by atomic mass is 10.1. The Hall–Kier alpha value is -1.23. The molecule has 0 unspecified atom stereocenters. The zero-order valence-electron chi connectivity index (χ0n) is 11.4. The summed E-state index contributed by atoms with van der Waals surface area (Å²) < 4.78 is 1.02. The van der Waals surface area contributed by atoms with Crippen molar-refractivity contribution >= 4 is 33.2 Å². The van der Waals surface area contributed by atoms with Gasteiger partial charge in [-0.1, -0.05) is 0 Å². The van der Waals surface area contributed by atoms with Crippen molar-refractivity contribution in [2.75, 3.05) is 36.8 Å². The topological polar surface area (TPSA) is 49.6 Å². The van der Waals surface area contributed by atoms with Gasteiger partial charge in [0.1, 0.15) is 0 Å². The Kier molecular flexibility index (Phi) is 4.34. The summed E-state index contributed by atoms with van der Waals surface area (Å²) >= 11 is 3.58. The number of nitrogen functional groups attached to an aromatic ring is 1. The summed E-state index contributed by atoms with van der Waals surface area (Å²) in [5.74, 6) is 0.161. The van der Waals surface area contributed by atoms with Crippen LogP contribution >= 0.6 is 15.9 Å². The Labute approximate surface area is 122 Å². The fraction of sp³-hybridized carbons (Fsp3) is 0.500. The molecule has 1 aromatic carbocycles. The molecule has 0 atom stereocenters. The first kappa shape index (κ1) is 14.2. The second kappa shape index (κ2) is 5.82. The molecule has 0 spiro atoms. The lowest BCUT2D eigenvalue weighted by Crippen LogP contribution is -2.33. The van der Waals surface area contributed by atoms with E-state index >= 15 is 0 Å². The van der Waals surface area contributed by atoms with Crippen molar-refractivity contribution in [2.24, 2.45) is 0 Å². The molecule has 0 bridgehead atoms. The van der Waals surface area contributed by atoms with Crippen molar-refractivity contribution in [2.45, 2.75) is 20.3 Å². The van der Waals surface area contributed by atoms with Crippen LogP contribution in [0, 0.1) is 6.92 Å². The van der Waals surface area contributed by atoms with Crippen molar-refractivity contribution < 1.29 is 4.79 Å². The summed E-state index contributed by atoms with van der Waals surface area (Å²) in [7, 11) is 0. The molecule has 104 valence electrons. The van der Waals surface area contributed by atoms with Crippen LogP contribution in [0.5, 0.6) is 0 Å². The number of hydrogen-bond donors (Lipinski definition) is 1. The molecule has 19 heavy (non-hydrogen) atoms. The smallest absolute Gasteiger partial charge is 0.219 e. The van der Waals surface area contributed by atoms with Gasteiger partial charge in [0.2, 0.25) is 5.91 Å². The monoisotopic (exact) mass is 325 g/mol. The van der Waals surface area contributed by atoms with Gasteiger partial charge in [-0.05, 0) is 47.0 Å². The predicted molar refractivity (Wildman–Crippen MR) is 82.4 cm³/mol. The molecule has 0 aliphatic carbocycles. The third kappa shape index (κ3) is 3.21. The van der Waals surface area contributed by atoms with Crippen LogP contribution in [-0.4, -0.2) is 37.0 Å². The molecule has 4 nitrogen and oxygen atoms in total. The van der Waals surface area contributed by atoms with Gasteiger partial charge in [-0.15, -0.1) is 0 Å². The van der Waals surface area contributed by atoms with E-state index in [0.29, 0.717) is 0 Å². The van der Waals surface area contributed by atoms with E-state index in [9.17, 15) is 4.79 Å². The Morgan fingerprint density at radius 2 is 2.00 bits per heavy atom. The fourth-order valence-corrected chi connectivity index (χ4v) is 3.01. The molecule has 1 aliphatic heterocycles. The normalized spacial score (nSPS) is 16.4. The number of hydrogen-bond acceptors (Lipinski definition) is 3. The second-order valence-corrected chi connectivity index (χ2v) is 5.86. The highest BCUT2D eigenvalue weighted by Crippen LogP contribution is 2.31. The van der Waals surface area contributed by atoms with Crippen LogP contribution in [0.15, 0.2) is 16.6 Å². The summed E-state index contributed by atoms with van der Waals surface area (Å²) in [6.45, 7) is 7.11. The Morgan fingerprint density at radius 1 is 1.26 bits per heavy atom. The summed E-state index contributed by atoms with van der Waals surface area (Å²) in [6, 6.07) is 4.07. The number of carbonyl (C=O) groups is 1. The highest BCUT2D eigenvalue weighted by atomic mass is 79.9. The summed E-state index contributed by atoms with van der Waals surface area (Å²) in [5.41, 5.74) is 8.96. The predicted octanol–water partition coefficient (Wildman–Crippen LogP) is 2.40. The molecular formula is C14H20BrN3O. The maximum absolute atomic E-state index is 11.4. The second-order valence-electron chi connectivity index (χ2n) is 5.01. The number of nitrogens with two attached hydrogens (primary N) is 1. The van der Waals surface area contributed by atoms with Crippen LogP contribution in [0.3, 0.4) is 0 Å². The average molecular weight is 326 g/mol. The zero-order chi connectivity index (χ0) is 14.0. The quantitative estimate of drug-likeness (QED) is 0.806. The molecule has 1 fully saturated rings. The largest absolute Gasteiger partial charge is 0.398 e. The minimum absolute atomic E-state index is 0.161. The molecule has 1 heterocycles. The molecule has 1 saturated heterocycles. The van der Waals surface area contributed by atoms with Crippen LogP contribution < -0.4 is 10.6 Å². The summed E-state index contributed by atoms with van der Waals surface area (Å²) in [4.78, 5) is 15.7. The van der Waals surface area contributed by atoms with E-state index in [1.165, 1.54) is 0 Å². The molecular weight excluding hydrogens is 306 g/mol. The minimum Gasteiger partial charge on any atom is -0.398 e. The lowest BCUT2D eigenvalue weighted by molar-refractivity contribution is -0.128. The molecule has 2 N–H and O–H groups in total. The van der Waals surface area contributed by atoms with E-state index in [4.69, 9.17) is 5.73 Å². The van der Waals surface area contributed by atoms with Gasteiger partial charge in [0.25, 0.3) is 0 Å². The fourth-order valence-electron chi connectivity index (χ4n) is 2.40. The highest BCUT2D eigenvalue weighted by molar-refractivity contribution is 9.10. The number of rotatable bonds is 1. The van der Waals surface area contributed by atoms with E-state index in [1.807, 2.05) is 17.9 Å². The summed E-state index contributed by atoms with van der Waals surface area (Å²) in [5, 5.41) is 0. The SMILES string of the molecule is CC(=O)N1CCCN(c2cc(C)c(N)cc2Br)CC1. The van der Waals surface area contributed by atoms with Gasteiger partial charge in [0, 0.05) is 43.3 Å². The van der Waals surface area contributed by atoms with Crippen LogP contribution in [0.25, 0.3) is 0 Å². The maximum Gasteiger partial charge on any atom is 0.219 e. The lowest BCUT2D eigenvalue weighted by Gasteiger charge is -2.25. The minimum atomic E-state index is 0.161. The van der Waals surface area contributed by atoms with Crippen molar-refractivity contribution in [1.82, 2.24) is 4.90 Å². The van der Waals surface area contributed by atoms with Gasteiger partial charge in [0.15, 0.2) is 0 Å². The number of benzene rings is 1. The molecule has 2 rings (SSSR count). The number of amides is 1. The highest BCUT2D eigenvalue weighted by Gasteiger charge is 2.18.